The molecule has 3 heteroatoms. The lowest BCUT2D eigenvalue weighted by molar-refractivity contribution is 0.0706. The van der Waals surface area contributed by atoms with Crippen molar-refractivity contribution >= 4 is 21.8 Å². The van der Waals surface area contributed by atoms with Gasteiger partial charge in [-0.3, -0.25) is 4.79 Å². The summed E-state index contributed by atoms with van der Waals surface area (Å²) in [7, 11) is 0. The van der Waals surface area contributed by atoms with Crippen LogP contribution in [0.25, 0.3) is 0 Å². The maximum atomic E-state index is 12.3. The van der Waals surface area contributed by atoms with Crippen molar-refractivity contribution in [2.24, 2.45) is 5.92 Å². The van der Waals surface area contributed by atoms with Crippen molar-refractivity contribution in [3.8, 4) is 0 Å². The molecule has 2 atom stereocenters. The molecule has 2 unspecified atom stereocenters. The highest BCUT2D eigenvalue weighted by atomic mass is 79.9. The Kier molecular flexibility index (Phi) is 3.87. The van der Waals surface area contributed by atoms with Gasteiger partial charge in [-0.2, -0.15) is 0 Å². The SMILES string of the molecule is Cc1cccc(C(=O)N2CCC(C)C(Br)C2)c1. The third-order valence-corrected chi connectivity index (χ3v) is 4.61. The lowest BCUT2D eigenvalue weighted by atomic mass is 9.98. The molecule has 0 bridgehead atoms. The fourth-order valence-corrected chi connectivity index (χ4v) is 2.78. The van der Waals surface area contributed by atoms with Crippen LogP contribution >= 0.6 is 15.9 Å². The number of piperidine rings is 1. The van der Waals surface area contributed by atoms with E-state index in [1.807, 2.05) is 36.1 Å². The van der Waals surface area contributed by atoms with Crippen molar-refractivity contribution in [3.05, 3.63) is 35.4 Å². The van der Waals surface area contributed by atoms with E-state index >= 15 is 0 Å². The van der Waals surface area contributed by atoms with E-state index < -0.39 is 0 Å². The molecule has 17 heavy (non-hydrogen) atoms. The van der Waals surface area contributed by atoms with Crippen LogP contribution in [-0.2, 0) is 0 Å². The Bertz CT molecular complexity index is 418. The van der Waals surface area contributed by atoms with E-state index in [4.69, 9.17) is 0 Å². The van der Waals surface area contributed by atoms with Gasteiger partial charge < -0.3 is 4.90 Å². The van der Waals surface area contributed by atoms with Crippen LogP contribution in [-0.4, -0.2) is 28.7 Å². The second-order valence-corrected chi connectivity index (χ2v) is 6.08. The van der Waals surface area contributed by atoms with Crippen molar-refractivity contribution in [1.82, 2.24) is 4.90 Å². The molecule has 1 aliphatic heterocycles. The number of carbonyl (C=O) groups excluding carboxylic acids is 1. The molecule has 1 heterocycles. The number of hydrogen-bond acceptors (Lipinski definition) is 1. The molecular weight excluding hydrogens is 278 g/mol. The van der Waals surface area contributed by atoms with Gasteiger partial charge in [-0.25, -0.2) is 0 Å². The minimum atomic E-state index is 0.157. The molecule has 1 aliphatic rings. The first-order valence-corrected chi connectivity index (χ1v) is 6.99. The minimum absolute atomic E-state index is 0.157. The molecule has 2 rings (SSSR count). The van der Waals surface area contributed by atoms with Crippen LogP contribution < -0.4 is 0 Å². The highest BCUT2D eigenvalue weighted by Gasteiger charge is 2.27. The van der Waals surface area contributed by atoms with Crippen molar-refractivity contribution in [3.63, 3.8) is 0 Å². The predicted octanol–water partition coefficient (Wildman–Crippen LogP) is 3.24. The van der Waals surface area contributed by atoms with Gasteiger partial charge in [0.25, 0.3) is 5.91 Å². The van der Waals surface area contributed by atoms with Gasteiger partial charge in [0.15, 0.2) is 0 Å². The Hall–Kier alpha value is -0.830. The summed E-state index contributed by atoms with van der Waals surface area (Å²) in [6.07, 6.45) is 1.08. The van der Waals surface area contributed by atoms with Gasteiger partial charge in [-0.15, -0.1) is 0 Å². The number of alkyl halides is 1. The Morgan fingerprint density at radius 3 is 2.88 bits per heavy atom. The number of nitrogens with zero attached hydrogens (tertiary/aromatic N) is 1. The van der Waals surface area contributed by atoms with E-state index in [1.54, 1.807) is 0 Å². The van der Waals surface area contributed by atoms with E-state index in [-0.39, 0.29) is 5.91 Å². The molecule has 1 saturated heterocycles. The van der Waals surface area contributed by atoms with Gasteiger partial charge in [0.05, 0.1) is 0 Å². The number of hydrogen-bond donors (Lipinski definition) is 0. The molecule has 1 aromatic rings. The van der Waals surface area contributed by atoms with E-state index in [0.717, 1.165) is 30.6 Å². The lowest BCUT2D eigenvalue weighted by Crippen LogP contribution is -2.43. The van der Waals surface area contributed by atoms with Gasteiger partial charge in [-0.05, 0) is 31.4 Å². The standard InChI is InChI=1S/C14H18BrNO/c1-10-4-3-5-12(8-10)14(17)16-7-6-11(2)13(15)9-16/h3-5,8,11,13H,6-7,9H2,1-2H3. The average molecular weight is 296 g/mol. The van der Waals surface area contributed by atoms with Crippen LogP contribution in [0, 0.1) is 12.8 Å². The zero-order chi connectivity index (χ0) is 12.4. The van der Waals surface area contributed by atoms with Crippen molar-refractivity contribution in [2.45, 2.75) is 25.1 Å². The largest absolute Gasteiger partial charge is 0.338 e. The van der Waals surface area contributed by atoms with Gasteiger partial charge in [-0.1, -0.05) is 40.5 Å². The maximum Gasteiger partial charge on any atom is 0.253 e. The summed E-state index contributed by atoms with van der Waals surface area (Å²) >= 11 is 3.66. The van der Waals surface area contributed by atoms with Crippen LogP contribution in [0.2, 0.25) is 0 Å². The van der Waals surface area contributed by atoms with E-state index in [1.165, 1.54) is 0 Å². The quantitative estimate of drug-likeness (QED) is 0.729. The number of rotatable bonds is 1. The number of aryl methyl sites for hydroxylation is 1. The second kappa shape index (κ2) is 5.21. The van der Waals surface area contributed by atoms with E-state index in [2.05, 4.69) is 22.9 Å². The zero-order valence-electron chi connectivity index (χ0n) is 10.3. The lowest BCUT2D eigenvalue weighted by Gasteiger charge is -2.34. The first-order valence-electron chi connectivity index (χ1n) is 6.08. The zero-order valence-corrected chi connectivity index (χ0v) is 11.9. The van der Waals surface area contributed by atoms with Gasteiger partial charge in [0.2, 0.25) is 0 Å². The third-order valence-electron chi connectivity index (χ3n) is 3.42. The van der Waals surface area contributed by atoms with Gasteiger partial charge in [0.1, 0.15) is 0 Å². The van der Waals surface area contributed by atoms with E-state index in [9.17, 15) is 4.79 Å². The topological polar surface area (TPSA) is 20.3 Å². The molecule has 2 nitrogen and oxygen atoms in total. The monoisotopic (exact) mass is 295 g/mol. The molecule has 0 spiro atoms. The molecule has 0 radical (unpaired) electrons. The van der Waals surface area contributed by atoms with Crippen LogP contribution in [0.5, 0.6) is 0 Å². The third kappa shape index (κ3) is 2.89. The number of carbonyl (C=O) groups is 1. The van der Waals surface area contributed by atoms with Crippen LogP contribution in [0.4, 0.5) is 0 Å². The number of amides is 1. The first kappa shape index (κ1) is 12.6. The van der Waals surface area contributed by atoms with Crippen molar-refractivity contribution in [1.29, 1.82) is 0 Å². The predicted molar refractivity (Wildman–Crippen MR) is 73.6 cm³/mol. The summed E-state index contributed by atoms with van der Waals surface area (Å²) in [5, 5.41) is 0. The Morgan fingerprint density at radius 1 is 1.47 bits per heavy atom. The summed E-state index contributed by atoms with van der Waals surface area (Å²) in [6.45, 7) is 5.93. The summed E-state index contributed by atoms with van der Waals surface area (Å²) in [5.41, 5.74) is 1.94. The minimum Gasteiger partial charge on any atom is -0.338 e. The average Bonchev–Trinajstić information content (AvgIpc) is 2.32. The van der Waals surface area contributed by atoms with Crippen LogP contribution in [0.15, 0.2) is 24.3 Å². The fourth-order valence-electron chi connectivity index (χ4n) is 2.17. The molecule has 1 fully saturated rings. The summed E-state index contributed by atoms with van der Waals surface area (Å²) in [6, 6.07) is 7.82. The summed E-state index contributed by atoms with van der Waals surface area (Å²) in [5.74, 6) is 0.807. The summed E-state index contributed by atoms with van der Waals surface area (Å²) in [4.78, 5) is 14.7. The molecule has 0 aromatic heterocycles. The van der Waals surface area contributed by atoms with Crippen LogP contribution in [0.3, 0.4) is 0 Å². The fraction of sp³-hybridized carbons (Fsp3) is 0.500. The Morgan fingerprint density at radius 2 is 2.24 bits per heavy atom. The number of benzene rings is 1. The Balaban J connectivity index is 2.10. The Labute approximate surface area is 111 Å². The highest BCUT2D eigenvalue weighted by molar-refractivity contribution is 9.09. The smallest absolute Gasteiger partial charge is 0.253 e. The van der Waals surface area contributed by atoms with E-state index in [0.29, 0.717) is 10.7 Å². The van der Waals surface area contributed by atoms with Gasteiger partial charge in [0, 0.05) is 23.5 Å². The summed E-state index contributed by atoms with van der Waals surface area (Å²) < 4.78 is 0. The molecule has 92 valence electrons. The first-order chi connectivity index (χ1) is 8.08. The van der Waals surface area contributed by atoms with Gasteiger partial charge >= 0.3 is 0 Å². The molecule has 1 amide bonds. The molecule has 0 saturated carbocycles. The molecular formula is C14H18BrNO. The number of halogens is 1. The van der Waals surface area contributed by atoms with Crippen LogP contribution in [0.1, 0.15) is 29.3 Å². The molecule has 0 N–H and O–H groups in total. The normalized spacial score (nSPS) is 24.8. The highest BCUT2D eigenvalue weighted by Crippen LogP contribution is 2.24. The molecule has 0 aliphatic carbocycles. The van der Waals surface area contributed by atoms with Crippen molar-refractivity contribution < 1.29 is 4.79 Å². The maximum absolute atomic E-state index is 12.3. The second-order valence-electron chi connectivity index (χ2n) is 4.90. The number of likely N-dealkylation sites (tertiary alicyclic amines) is 1. The molecule has 1 aromatic carbocycles. The van der Waals surface area contributed by atoms with Crippen molar-refractivity contribution in [2.75, 3.05) is 13.1 Å².